The van der Waals surface area contributed by atoms with Crippen molar-refractivity contribution in [2.24, 2.45) is 0 Å². The van der Waals surface area contributed by atoms with Crippen LogP contribution in [0.5, 0.6) is 5.75 Å². The molecule has 0 bridgehead atoms. The number of rotatable bonds is 3. The normalized spacial score (nSPS) is 10.7. The Morgan fingerprint density at radius 1 is 1.11 bits per heavy atom. The molecule has 0 atom stereocenters. The number of hydrogen-bond donors (Lipinski definition) is 2. The summed E-state index contributed by atoms with van der Waals surface area (Å²) in [5.41, 5.74) is 1.29. The van der Waals surface area contributed by atoms with Crippen molar-refractivity contribution in [3.05, 3.63) is 50.7 Å². The summed E-state index contributed by atoms with van der Waals surface area (Å²) in [5.74, 6) is 0.797. The SMILES string of the molecule is Cc1cc(-c2cc(=O)[nH]c(=O)[nH]2)ccc1OC(C)C. The molecule has 5 nitrogen and oxygen atoms in total. The van der Waals surface area contributed by atoms with Gasteiger partial charge in [0, 0.05) is 6.07 Å². The molecule has 19 heavy (non-hydrogen) atoms. The van der Waals surface area contributed by atoms with E-state index in [1.54, 1.807) is 0 Å². The van der Waals surface area contributed by atoms with Crippen LogP contribution < -0.4 is 16.0 Å². The molecule has 0 amide bonds. The topological polar surface area (TPSA) is 75.0 Å². The van der Waals surface area contributed by atoms with E-state index in [2.05, 4.69) is 9.97 Å². The monoisotopic (exact) mass is 260 g/mol. The molecule has 0 spiro atoms. The van der Waals surface area contributed by atoms with Gasteiger partial charge in [0.1, 0.15) is 5.75 Å². The van der Waals surface area contributed by atoms with Crippen molar-refractivity contribution in [1.82, 2.24) is 9.97 Å². The van der Waals surface area contributed by atoms with Crippen molar-refractivity contribution in [1.29, 1.82) is 0 Å². The minimum absolute atomic E-state index is 0.101. The van der Waals surface area contributed by atoms with Gasteiger partial charge in [0.05, 0.1) is 11.8 Å². The fraction of sp³-hybridized carbons (Fsp3) is 0.286. The van der Waals surface area contributed by atoms with Crippen LogP contribution in [0, 0.1) is 6.92 Å². The van der Waals surface area contributed by atoms with Crippen LogP contribution in [0.4, 0.5) is 0 Å². The van der Waals surface area contributed by atoms with Gasteiger partial charge in [-0.3, -0.25) is 9.78 Å². The summed E-state index contributed by atoms with van der Waals surface area (Å²) in [6.07, 6.45) is 0.101. The first-order valence-corrected chi connectivity index (χ1v) is 6.07. The first-order chi connectivity index (χ1) is 8.95. The lowest BCUT2D eigenvalue weighted by atomic mass is 10.1. The third-order valence-electron chi connectivity index (χ3n) is 2.61. The average molecular weight is 260 g/mol. The predicted octanol–water partition coefficient (Wildman–Crippen LogP) is 1.83. The van der Waals surface area contributed by atoms with Gasteiger partial charge in [-0.2, -0.15) is 0 Å². The molecule has 2 N–H and O–H groups in total. The highest BCUT2D eigenvalue weighted by molar-refractivity contribution is 5.61. The molecule has 5 heteroatoms. The van der Waals surface area contributed by atoms with E-state index in [1.165, 1.54) is 6.07 Å². The van der Waals surface area contributed by atoms with Crippen LogP contribution in [0.1, 0.15) is 19.4 Å². The number of aromatic nitrogens is 2. The van der Waals surface area contributed by atoms with Crippen LogP contribution in [0.2, 0.25) is 0 Å². The second-order valence-electron chi connectivity index (χ2n) is 4.65. The zero-order valence-corrected chi connectivity index (χ0v) is 11.1. The van der Waals surface area contributed by atoms with Crippen molar-refractivity contribution < 1.29 is 4.74 Å². The van der Waals surface area contributed by atoms with Gasteiger partial charge in [0.2, 0.25) is 0 Å². The maximum absolute atomic E-state index is 11.3. The molecule has 0 fully saturated rings. The smallest absolute Gasteiger partial charge is 0.326 e. The maximum atomic E-state index is 11.3. The van der Waals surface area contributed by atoms with Gasteiger partial charge < -0.3 is 9.72 Å². The van der Waals surface area contributed by atoms with E-state index in [0.29, 0.717) is 5.69 Å². The number of hydrogen-bond acceptors (Lipinski definition) is 3. The Morgan fingerprint density at radius 2 is 1.84 bits per heavy atom. The van der Waals surface area contributed by atoms with Crippen molar-refractivity contribution in [2.45, 2.75) is 26.9 Å². The van der Waals surface area contributed by atoms with Gasteiger partial charge in [-0.1, -0.05) is 0 Å². The molecule has 100 valence electrons. The standard InChI is InChI=1S/C14H16N2O3/c1-8(2)19-12-5-4-10(6-9(12)3)11-7-13(17)16-14(18)15-11/h4-8H,1-3H3,(H2,15,16,17,18). The van der Waals surface area contributed by atoms with Gasteiger partial charge >= 0.3 is 5.69 Å². The number of aryl methyl sites for hydroxylation is 1. The lowest BCUT2D eigenvalue weighted by Gasteiger charge is -2.13. The van der Waals surface area contributed by atoms with Crippen molar-refractivity contribution in [3.63, 3.8) is 0 Å². The fourth-order valence-electron chi connectivity index (χ4n) is 1.83. The second kappa shape index (κ2) is 5.14. The summed E-state index contributed by atoms with van der Waals surface area (Å²) >= 11 is 0. The Labute approximate surface area is 110 Å². The van der Waals surface area contributed by atoms with Gasteiger partial charge in [0.25, 0.3) is 5.56 Å². The molecule has 0 aliphatic carbocycles. The van der Waals surface area contributed by atoms with Gasteiger partial charge in [-0.05, 0) is 50.1 Å². The second-order valence-corrected chi connectivity index (χ2v) is 4.65. The van der Waals surface area contributed by atoms with Gasteiger partial charge in [0.15, 0.2) is 0 Å². The Kier molecular flexibility index (Phi) is 3.55. The van der Waals surface area contributed by atoms with Crippen LogP contribution >= 0.6 is 0 Å². The van der Waals surface area contributed by atoms with Crippen LogP contribution in [-0.4, -0.2) is 16.1 Å². The van der Waals surface area contributed by atoms with Crippen LogP contribution in [0.15, 0.2) is 33.9 Å². The van der Waals surface area contributed by atoms with Gasteiger partial charge in [-0.25, -0.2) is 4.79 Å². The minimum atomic E-state index is -0.511. The number of benzene rings is 1. The Morgan fingerprint density at radius 3 is 2.42 bits per heavy atom. The highest BCUT2D eigenvalue weighted by Crippen LogP contribution is 2.24. The number of H-pyrrole nitrogens is 2. The van der Waals surface area contributed by atoms with Crippen molar-refractivity contribution in [3.8, 4) is 17.0 Å². The maximum Gasteiger partial charge on any atom is 0.326 e. The molecule has 1 heterocycles. The summed E-state index contributed by atoms with van der Waals surface area (Å²) in [4.78, 5) is 27.3. The third kappa shape index (κ3) is 3.13. The van der Waals surface area contributed by atoms with Crippen LogP contribution in [-0.2, 0) is 0 Å². The number of ether oxygens (including phenoxy) is 1. The molecule has 0 aliphatic rings. The minimum Gasteiger partial charge on any atom is -0.491 e. The Bertz CT molecular complexity index is 670. The van der Waals surface area contributed by atoms with Crippen LogP contribution in [0.3, 0.4) is 0 Å². The van der Waals surface area contributed by atoms with E-state index in [9.17, 15) is 9.59 Å². The van der Waals surface area contributed by atoms with E-state index in [1.807, 2.05) is 39.0 Å². The van der Waals surface area contributed by atoms with E-state index >= 15 is 0 Å². The summed E-state index contributed by atoms with van der Waals surface area (Å²) in [5, 5.41) is 0. The zero-order valence-electron chi connectivity index (χ0n) is 11.1. The summed E-state index contributed by atoms with van der Waals surface area (Å²) in [6.45, 7) is 5.84. The first kappa shape index (κ1) is 13.1. The fourth-order valence-corrected chi connectivity index (χ4v) is 1.83. The molecule has 0 unspecified atom stereocenters. The lowest BCUT2D eigenvalue weighted by Crippen LogP contribution is -2.21. The number of aromatic amines is 2. The lowest BCUT2D eigenvalue weighted by molar-refractivity contribution is 0.241. The largest absolute Gasteiger partial charge is 0.491 e. The molecular weight excluding hydrogens is 244 g/mol. The molecule has 1 aromatic carbocycles. The molecular formula is C14H16N2O3. The van der Waals surface area contributed by atoms with E-state index < -0.39 is 11.2 Å². The van der Waals surface area contributed by atoms with E-state index in [4.69, 9.17) is 4.74 Å². The molecule has 2 rings (SSSR count). The van der Waals surface area contributed by atoms with E-state index in [-0.39, 0.29) is 6.10 Å². The predicted molar refractivity (Wildman–Crippen MR) is 73.6 cm³/mol. The van der Waals surface area contributed by atoms with Gasteiger partial charge in [-0.15, -0.1) is 0 Å². The Hall–Kier alpha value is -2.30. The zero-order chi connectivity index (χ0) is 14.0. The summed E-state index contributed by atoms with van der Waals surface area (Å²) < 4.78 is 5.64. The quantitative estimate of drug-likeness (QED) is 0.884. The molecule has 0 saturated carbocycles. The highest BCUT2D eigenvalue weighted by atomic mass is 16.5. The highest BCUT2D eigenvalue weighted by Gasteiger charge is 2.06. The average Bonchev–Trinajstić information content (AvgIpc) is 2.30. The molecule has 0 saturated heterocycles. The summed E-state index contributed by atoms with van der Waals surface area (Å²) in [7, 11) is 0. The van der Waals surface area contributed by atoms with Crippen molar-refractivity contribution in [2.75, 3.05) is 0 Å². The van der Waals surface area contributed by atoms with Crippen molar-refractivity contribution >= 4 is 0 Å². The Balaban J connectivity index is 2.44. The van der Waals surface area contributed by atoms with Crippen LogP contribution in [0.25, 0.3) is 11.3 Å². The summed E-state index contributed by atoms with van der Waals surface area (Å²) in [6, 6.07) is 6.89. The van der Waals surface area contributed by atoms with E-state index in [0.717, 1.165) is 16.9 Å². The molecule has 2 aromatic rings. The first-order valence-electron chi connectivity index (χ1n) is 6.07. The third-order valence-corrected chi connectivity index (χ3v) is 2.61. The number of nitrogens with one attached hydrogen (secondary N) is 2. The molecule has 1 aromatic heterocycles. The molecule has 0 aliphatic heterocycles. The molecule has 0 radical (unpaired) electrons.